The highest BCUT2D eigenvalue weighted by molar-refractivity contribution is 5.65. The molecule has 0 radical (unpaired) electrons. The third-order valence-electron chi connectivity index (χ3n) is 2.81. The van der Waals surface area contributed by atoms with Crippen molar-refractivity contribution in [2.75, 3.05) is 12.3 Å². The van der Waals surface area contributed by atoms with E-state index in [4.69, 9.17) is 10.8 Å². The minimum atomic E-state index is -0.419. The van der Waals surface area contributed by atoms with Crippen LogP contribution in [0.5, 0.6) is 0 Å². The number of aryl methyl sites for hydroxylation is 1. The zero-order valence-electron chi connectivity index (χ0n) is 10.4. The number of nitrogens with zero attached hydrogens (tertiary/aromatic N) is 3. The summed E-state index contributed by atoms with van der Waals surface area (Å²) in [6, 6.07) is 6.46. The molecule has 0 aliphatic heterocycles. The number of aliphatic hydroxyl groups is 1. The predicted octanol–water partition coefficient (Wildman–Crippen LogP) is 1.34. The van der Waals surface area contributed by atoms with Gasteiger partial charge in [-0.2, -0.15) is 5.10 Å². The molecule has 0 aliphatic rings. The zero-order valence-corrected chi connectivity index (χ0v) is 10.4. The molecule has 0 amide bonds. The highest BCUT2D eigenvalue weighted by Crippen LogP contribution is 2.26. The van der Waals surface area contributed by atoms with E-state index in [2.05, 4.69) is 5.10 Å². The van der Waals surface area contributed by atoms with Crippen molar-refractivity contribution in [2.45, 2.75) is 13.5 Å². The Morgan fingerprint density at radius 3 is 2.79 bits per heavy atom. The molecule has 2 aromatic rings. The minimum absolute atomic E-state index is 0.0510. The van der Waals surface area contributed by atoms with Crippen LogP contribution in [0.15, 0.2) is 24.3 Å². The predicted molar refractivity (Wildman–Crippen MR) is 70.6 cm³/mol. The van der Waals surface area contributed by atoms with Gasteiger partial charge >= 0.3 is 0 Å². The standard InChI is InChI=1S/C12H14N4O3/c1-8-6-9(2-3-11(8)16(18)19)10-7-12(13)15(14-10)4-5-17/h2-3,6-7,17H,4-5,13H2,1H3. The van der Waals surface area contributed by atoms with Gasteiger partial charge in [-0.3, -0.25) is 10.1 Å². The van der Waals surface area contributed by atoms with Crippen molar-refractivity contribution in [1.82, 2.24) is 9.78 Å². The summed E-state index contributed by atoms with van der Waals surface area (Å²) in [4.78, 5) is 10.3. The van der Waals surface area contributed by atoms with Gasteiger partial charge in [-0.05, 0) is 19.1 Å². The van der Waals surface area contributed by atoms with E-state index in [0.717, 1.165) is 5.56 Å². The molecule has 7 nitrogen and oxygen atoms in total. The van der Waals surface area contributed by atoms with Crippen LogP contribution in [0.25, 0.3) is 11.3 Å². The first-order valence-electron chi connectivity index (χ1n) is 5.72. The summed E-state index contributed by atoms with van der Waals surface area (Å²) < 4.78 is 1.49. The summed E-state index contributed by atoms with van der Waals surface area (Å²) in [5.74, 6) is 0.444. The number of nitrogen functional groups attached to an aromatic ring is 1. The van der Waals surface area contributed by atoms with Gasteiger partial charge in [-0.15, -0.1) is 0 Å². The van der Waals surface area contributed by atoms with Crippen LogP contribution in [0.4, 0.5) is 11.5 Å². The van der Waals surface area contributed by atoms with Crippen molar-refractivity contribution in [3.05, 3.63) is 39.9 Å². The Labute approximate surface area is 109 Å². The number of nitro groups is 1. The first kappa shape index (κ1) is 13.0. The molecule has 19 heavy (non-hydrogen) atoms. The smallest absolute Gasteiger partial charge is 0.272 e. The van der Waals surface area contributed by atoms with Crippen LogP contribution in [-0.4, -0.2) is 26.4 Å². The van der Waals surface area contributed by atoms with Crippen molar-refractivity contribution in [3.8, 4) is 11.3 Å². The van der Waals surface area contributed by atoms with Gasteiger partial charge in [0.2, 0.25) is 0 Å². The molecule has 100 valence electrons. The van der Waals surface area contributed by atoms with Gasteiger partial charge in [0.05, 0.1) is 23.8 Å². The molecule has 3 N–H and O–H groups in total. The van der Waals surface area contributed by atoms with Crippen LogP contribution >= 0.6 is 0 Å². The van der Waals surface area contributed by atoms with E-state index in [9.17, 15) is 10.1 Å². The number of rotatable bonds is 4. The van der Waals surface area contributed by atoms with Gasteiger partial charge in [0.15, 0.2) is 0 Å². The Balaban J connectivity index is 2.39. The van der Waals surface area contributed by atoms with Crippen molar-refractivity contribution in [2.24, 2.45) is 0 Å². The summed E-state index contributed by atoms with van der Waals surface area (Å²) >= 11 is 0. The molecule has 0 aliphatic carbocycles. The lowest BCUT2D eigenvalue weighted by Crippen LogP contribution is -2.07. The Morgan fingerprint density at radius 2 is 2.21 bits per heavy atom. The fourth-order valence-electron chi connectivity index (χ4n) is 1.87. The molecular weight excluding hydrogens is 248 g/mol. The highest BCUT2D eigenvalue weighted by Gasteiger charge is 2.13. The van der Waals surface area contributed by atoms with E-state index in [1.807, 2.05) is 0 Å². The molecule has 0 atom stereocenters. The van der Waals surface area contributed by atoms with E-state index < -0.39 is 4.92 Å². The van der Waals surface area contributed by atoms with E-state index in [1.54, 1.807) is 25.1 Å². The third-order valence-corrected chi connectivity index (χ3v) is 2.81. The molecule has 0 spiro atoms. The minimum Gasteiger partial charge on any atom is -0.394 e. The third kappa shape index (κ3) is 2.55. The first-order valence-corrected chi connectivity index (χ1v) is 5.72. The number of nitro benzene ring substituents is 1. The van der Waals surface area contributed by atoms with Crippen molar-refractivity contribution < 1.29 is 10.0 Å². The molecule has 7 heteroatoms. The number of anilines is 1. The second-order valence-electron chi connectivity index (χ2n) is 4.16. The lowest BCUT2D eigenvalue weighted by molar-refractivity contribution is -0.385. The van der Waals surface area contributed by atoms with Crippen molar-refractivity contribution >= 4 is 11.5 Å². The second-order valence-corrected chi connectivity index (χ2v) is 4.16. The molecule has 0 unspecified atom stereocenters. The van der Waals surface area contributed by atoms with Gasteiger partial charge in [0, 0.05) is 23.3 Å². The largest absolute Gasteiger partial charge is 0.394 e. The number of hydrogen-bond acceptors (Lipinski definition) is 5. The van der Waals surface area contributed by atoms with Crippen LogP contribution < -0.4 is 5.73 Å². The summed E-state index contributed by atoms with van der Waals surface area (Å²) in [6.45, 7) is 1.94. The fraction of sp³-hybridized carbons (Fsp3) is 0.250. The molecule has 2 rings (SSSR count). The van der Waals surface area contributed by atoms with Gasteiger partial charge in [0.1, 0.15) is 5.82 Å². The number of aliphatic hydroxyl groups excluding tert-OH is 1. The Kier molecular flexibility index (Phi) is 3.48. The summed E-state index contributed by atoms with van der Waals surface area (Å²) in [7, 11) is 0. The second kappa shape index (κ2) is 5.07. The monoisotopic (exact) mass is 262 g/mol. The molecule has 1 heterocycles. The number of aromatic nitrogens is 2. The topological polar surface area (TPSA) is 107 Å². The highest BCUT2D eigenvalue weighted by atomic mass is 16.6. The maximum atomic E-state index is 10.8. The molecular formula is C12H14N4O3. The molecule has 1 aromatic heterocycles. The fourth-order valence-corrected chi connectivity index (χ4v) is 1.87. The Bertz CT molecular complexity index is 621. The van der Waals surface area contributed by atoms with Gasteiger partial charge in [0.25, 0.3) is 5.69 Å². The summed E-state index contributed by atoms with van der Waals surface area (Å²) in [6.07, 6.45) is 0. The Hall–Kier alpha value is -2.41. The van der Waals surface area contributed by atoms with Gasteiger partial charge in [-0.1, -0.05) is 0 Å². The van der Waals surface area contributed by atoms with Crippen molar-refractivity contribution in [3.63, 3.8) is 0 Å². The van der Waals surface area contributed by atoms with Gasteiger partial charge in [-0.25, -0.2) is 4.68 Å². The molecule has 0 fully saturated rings. The summed E-state index contributed by atoms with van der Waals surface area (Å²) in [5.41, 5.74) is 7.79. The molecule has 0 saturated carbocycles. The van der Waals surface area contributed by atoms with Crippen LogP contribution in [0.2, 0.25) is 0 Å². The molecule has 0 saturated heterocycles. The average molecular weight is 262 g/mol. The quantitative estimate of drug-likeness (QED) is 0.638. The van der Waals surface area contributed by atoms with Crippen LogP contribution in [0.1, 0.15) is 5.56 Å². The molecule has 0 bridgehead atoms. The van der Waals surface area contributed by atoms with E-state index in [-0.39, 0.29) is 12.3 Å². The molecule has 1 aromatic carbocycles. The number of nitrogens with two attached hydrogens (primary N) is 1. The number of benzene rings is 1. The lowest BCUT2D eigenvalue weighted by Gasteiger charge is -2.01. The Morgan fingerprint density at radius 1 is 1.47 bits per heavy atom. The van der Waals surface area contributed by atoms with Crippen molar-refractivity contribution in [1.29, 1.82) is 0 Å². The maximum absolute atomic E-state index is 10.8. The van der Waals surface area contributed by atoms with Crippen LogP contribution in [-0.2, 0) is 6.54 Å². The lowest BCUT2D eigenvalue weighted by atomic mass is 10.1. The SMILES string of the molecule is Cc1cc(-c2cc(N)n(CCO)n2)ccc1[N+](=O)[O-]. The first-order chi connectivity index (χ1) is 9.02. The summed E-state index contributed by atoms with van der Waals surface area (Å²) in [5, 5.41) is 23.9. The zero-order chi connectivity index (χ0) is 14.0. The van der Waals surface area contributed by atoms with Gasteiger partial charge < -0.3 is 10.8 Å². The average Bonchev–Trinajstić information content (AvgIpc) is 2.71. The van der Waals surface area contributed by atoms with E-state index >= 15 is 0 Å². The number of hydrogen-bond donors (Lipinski definition) is 2. The normalized spacial score (nSPS) is 10.6. The van der Waals surface area contributed by atoms with E-state index in [1.165, 1.54) is 10.7 Å². The maximum Gasteiger partial charge on any atom is 0.272 e. The van der Waals surface area contributed by atoms with Crippen LogP contribution in [0, 0.1) is 17.0 Å². The van der Waals surface area contributed by atoms with E-state index in [0.29, 0.717) is 23.6 Å². The van der Waals surface area contributed by atoms with Crippen LogP contribution in [0.3, 0.4) is 0 Å².